The van der Waals surface area contributed by atoms with E-state index in [1.54, 1.807) is 0 Å². The number of rotatable bonds is 2. The van der Waals surface area contributed by atoms with E-state index in [9.17, 15) is 0 Å². The molecule has 3 rings (SSSR count). The fourth-order valence-electron chi connectivity index (χ4n) is 2.79. The highest BCUT2D eigenvalue weighted by atomic mass is 32.2. The molecule has 1 unspecified atom stereocenters. The second kappa shape index (κ2) is 6.03. The number of aromatic nitrogens is 3. The Morgan fingerprint density at radius 1 is 1.40 bits per heavy atom. The standard InChI is InChI=1S/C13H22N6S/c1-10-16-17-12-3-2-11(9-19(10)12)8-15-13(14)18-4-6-20-7-5-18/h11H,2-9H2,1H3,(H2,14,15). The first-order chi connectivity index (χ1) is 9.74. The second-order valence-corrected chi connectivity index (χ2v) is 6.70. The Labute approximate surface area is 123 Å². The number of guanidine groups is 1. The van der Waals surface area contributed by atoms with Crippen molar-refractivity contribution in [1.29, 1.82) is 0 Å². The average molecular weight is 294 g/mol. The number of nitrogens with zero attached hydrogens (tertiary/aromatic N) is 5. The molecule has 0 aromatic carbocycles. The number of aryl methyl sites for hydroxylation is 2. The van der Waals surface area contributed by atoms with Crippen molar-refractivity contribution in [3.05, 3.63) is 11.6 Å². The number of thioether (sulfide) groups is 1. The molecule has 20 heavy (non-hydrogen) atoms. The Morgan fingerprint density at radius 3 is 3.00 bits per heavy atom. The van der Waals surface area contributed by atoms with Gasteiger partial charge in [-0.15, -0.1) is 10.2 Å². The van der Waals surface area contributed by atoms with Crippen LogP contribution in [0.1, 0.15) is 18.1 Å². The average Bonchev–Trinajstić information content (AvgIpc) is 2.87. The number of fused-ring (bicyclic) bond motifs is 1. The molecule has 2 aliphatic heterocycles. The van der Waals surface area contributed by atoms with Crippen molar-refractivity contribution in [3.8, 4) is 0 Å². The minimum absolute atomic E-state index is 0.551. The summed E-state index contributed by atoms with van der Waals surface area (Å²) in [5.41, 5.74) is 6.11. The van der Waals surface area contributed by atoms with E-state index in [1.807, 2.05) is 18.7 Å². The Morgan fingerprint density at radius 2 is 2.20 bits per heavy atom. The minimum atomic E-state index is 0.551. The van der Waals surface area contributed by atoms with Crippen LogP contribution in [0.3, 0.4) is 0 Å². The molecule has 0 radical (unpaired) electrons. The fourth-order valence-corrected chi connectivity index (χ4v) is 3.70. The van der Waals surface area contributed by atoms with E-state index in [0.29, 0.717) is 5.92 Å². The number of hydrogen-bond donors (Lipinski definition) is 1. The largest absolute Gasteiger partial charge is 0.370 e. The van der Waals surface area contributed by atoms with Gasteiger partial charge in [-0.25, -0.2) is 0 Å². The van der Waals surface area contributed by atoms with Crippen molar-refractivity contribution < 1.29 is 0 Å². The van der Waals surface area contributed by atoms with Gasteiger partial charge in [-0.05, 0) is 19.3 Å². The molecular weight excluding hydrogens is 272 g/mol. The monoisotopic (exact) mass is 294 g/mol. The first-order valence-electron chi connectivity index (χ1n) is 7.25. The maximum atomic E-state index is 6.11. The highest BCUT2D eigenvalue weighted by molar-refractivity contribution is 7.99. The van der Waals surface area contributed by atoms with Crippen molar-refractivity contribution in [1.82, 2.24) is 19.7 Å². The van der Waals surface area contributed by atoms with Crippen LogP contribution in [-0.4, -0.2) is 56.8 Å². The van der Waals surface area contributed by atoms with E-state index in [2.05, 4.69) is 24.7 Å². The molecule has 3 heterocycles. The van der Waals surface area contributed by atoms with Gasteiger partial charge in [0.15, 0.2) is 5.96 Å². The second-order valence-electron chi connectivity index (χ2n) is 5.48. The molecule has 0 saturated carbocycles. The number of nitrogens with two attached hydrogens (primary N) is 1. The van der Waals surface area contributed by atoms with Crippen LogP contribution in [0.4, 0.5) is 0 Å². The third kappa shape index (κ3) is 2.92. The van der Waals surface area contributed by atoms with Gasteiger partial charge in [-0.3, -0.25) is 4.99 Å². The third-order valence-electron chi connectivity index (χ3n) is 4.08. The molecule has 0 spiro atoms. The summed E-state index contributed by atoms with van der Waals surface area (Å²) in [6, 6.07) is 0. The Bertz CT molecular complexity index is 491. The summed E-state index contributed by atoms with van der Waals surface area (Å²) in [5.74, 6) is 5.70. The summed E-state index contributed by atoms with van der Waals surface area (Å²) >= 11 is 1.99. The molecule has 0 bridgehead atoms. The van der Waals surface area contributed by atoms with Crippen LogP contribution in [0.15, 0.2) is 4.99 Å². The van der Waals surface area contributed by atoms with Crippen LogP contribution in [-0.2, 0) is 13.0 Å². The molecule has 2 N–H and O–H groups in total. The Kier molecular flexibility index (Phi) is 4.14. The highest BCUT2D eigenvalue weighted by Gasteiger charge is 2.21. The molecule has 7 heteroatoms. The summed E-state index contributed by atoms with van der Waals surface area (Å²) in [5, 5.41) is 8.34. The van der Waals surface area contributed by atoms with E-state index in [4.69, 9.17) is 5.73 Å². The van der Waals surface area contributed by atoms with E-state index in [-0.39, 0.29) is 0 Å². The van der Waals surface area contributed by atoms with Gasteiger partial charge in [0.2, 0.25) is 0 Å². The summed E-state index contributed by atoms with van der Waals surface area (Å²) in [7, 11) is 0. The molecule has 110 valence electrons. The normalized spacial score (nSPS) is 23.8. The number of aliphatic imine (C=N–C) groups is 1. The molecular formula is C13H22N6S. The first-order valence-corrected chi connectivity index (χ1v) is 8.41. The van der Waals surface area contributed by atoms with Crippen LogP contribution in [0.2, 0.25) is 0 Å². The third-order valence-corrected chi connectivity index (χ3v) is 5.02. The maximum Gasteiger partial charge on any atom is 0.191 e. The smallest absolute Gasteiger partial charge is 0.191 e. The predicted octanol–water partition coefficient (Wildman–Crippen LogP) is 0.512. The number of hydrogen-bond acceptors (Lipinski definition) is 4. The fraction of sp³-hybridized carbons (Fsp3) is 0.769. The van der Waals surface area contributed by atoms with Crippen LogP contribution in [0.25, 0.3) is 0 Å². The summed E-state index contributed by atoms with van der Waals surface area (Å²) in [6.45, 7) is 5.86. The zero-order valence-corrected chi connectivity index (χ0v) is 12.8. The lowest BCUT2D eigenvalue weighted by molar-refractivity contribution is 0.366. The van der Waals surface area contributed by atoms with Crippen LogP contribution in [0, 0.1) is 12.8 Å². The van der Waals surface area contributed by atoms with Crippen LogP contribution < -0.4 is 5.73 Å². The molecule has 1 aromatic heterocycles. The van der Waals surface area contributed by atoms with Gasteiger partial charge in [0, 0.05) is 44.1 Å². The zero-order chi connectivity index (χ0) is 13.9. The Balaban J connectivity index is 1.57. The Hall–Kier alpha value is -1.24. The molecule has 0 aliphatic carbocycles. The lowest BCUT2D eigenvalue weighted by atomic mass is 9.99. The van der Waals surface area contributed by atoms with Crippen molar-refractivity contribution in [2.75, 3.05) is 31.1 Å². The molecule has 2 aliphatic rings. The van der Waals surface area contributed by atoms with E-state index < -0.39 is 0 Å². The predicted molar refractivity (Wildman–Crippen MR) is 82.0 cm³/mol. The lowest BCUT2D eigenvalue weighted by Gasteiger charge is -2.28. The van der Waals surface area contributed by atoms with Crippen LogP contribution in [0.5, 0.6) is 0 Å². The molecule has 1 saturated heterocycles. The van der Waals surface area contributed by atoms with E-state index in [0.717, 1.165) is 68.1 Å². The summed E-state index contributed by atoms with van der Waals surface area (Å²) in [6.07, 6.45) is 2.13. The highest BCUT2D eigenvalue weighted by Crippen LogP contribution is 2.20. The van der Waals surface area contributed by atoms with Crippen molar-refractivity contribution in [2.45, 2.75) is 26.3 Å². The molecule has 1 aromatic rings. The van der Waals surface area contributed by atoms with Crippen molar-refractivity contribution >= 4 is 17.7 Å². The quantitative estimate of drug-likeness (QED) is 0.636. The van der Waals surface area contributed by atoms with Gasteiger partial charge in [-0.2, -0.15) is 11.8 Å². The van der Waals surface area contributed by atoms with Crippen molar-refractivity contribution in [3.63, 3.8) is 0 Å². The topological polar surface area (TPSA) is 72.3 Å². The van der Waals surface area contributed by atoms with E-state index >= 15 is 0 Å². The van der Waals surface area contributed by atoms with Gasteiger partial charge in [0.1, 0.15) is 11.6 Å². The van der Waals surface area contributed by atoms with Gasteiger partial charge in [0.05, 0.1) is 0 Å². The molecule has 0 amide bonds. The van der Waals surface area contributed by atoms with Crippen LogP contribution >= 0.6 is 11.8 Å². The summed E-state index contributed by atoms with van der Waals surface area (Å²) < 4.78 is 2.22. The summed E-state index contributed by atoms with van der Waals surface area (Å²) in [4.78, 5) is 6.82. The first kappa shape index (κ1) is 13.7. The van der Waals surface area contributed by atoms with Gasteiger partial charge in [0.25, 0.3) is 0 Å². The van der Waals surface area contributed by atoms with Gasteiger partial charge < -0.3 is 15.2 Å². The maximum absolute atomic E-state index is 6.11. The zero-order valence-electron chi connectivity index (χ0n) is 12.0. The molecule has 6 nitrogen and oxygen atoms in total. The molecule has 1 fully saturated rings. The van der Waals surface area contributed by atoms with E-state index in [1.165, 1.54) is 0 Å². The van der Waals surface area contributed by atoms with Gasteiger partial charge >= 0.3 is 0 Å². The lowest BCUT2D eigenvalue weighted by Crippen LogP contribution is -2.43. The van der Waals surface area contributed by atoms with Crippen molar-refractivity contribution in [2.24, 2.45) is 16.6 Å². The SMILES string of the molecule is Cc1nnc2n1CC(CN=C(N)N1CCSCC1)CC2. The van der Waals surface area contributed by atoms with Gasteiger partial charge in [-0.1, -0.05) is 0 Å². The minimum Gasteiger partial charge on any atom is -0.370 e. The molecule has 1 atom stereocenters.